The van der Waals surface area contributed by atoms with E-state index in [1.807, 2.05) is 44.6 Å². The summed E-state index contributed by atoms with van der Waals surface area (Å²) in [7, 11) is 0. The summed E-state index contributed by atoms with van der Waals surface area (Å²) in [5, 5.41) is 4.19. The Morgan fingerprint density at radius 3 is 2.78 bits per heavy atom. The number of aryl methyl sites for hydroxylation is 2. The lowest BCUT2D eigenvalue weighted by Crippen LogP contribution is -2.05. The molecule has 0 aliphatic heterocycles. The summed E-state index contributed by atoms with van der Waals surface area (Å²) in [5.74, 6) is 0.0605. The molecule has 2 N–H and O–H groups in total. The molecule has 0 aliphatic carbocycles. The molecule has 4 heterocycles. The number of fused-ring (bicyclic) bond motifs is 1. The Hall–Kier alpha value is -3.28. The molecular formula is C21H20FN5. The Balaban J connectivity index is 1.51. The van der Waals surface area contributed by atoms with E-state index < -0.39 is 5.95 Å². The van der Waals surface area contributed by atoms with Crippen molar-refractivity contribution >= 4 is 16.9 Å². The first-order chi connectivity index (χ1) is 13.1. The van der Waals surface area contributed by atoms with Gasteiger partial charge in [0.25, 0.3) is 0 Å². The van der Waals surface area contributed by atoms with Gasteiger partial charge in [0.2, 0.25) is 5.95 Å². The first kappa shape index (κ1) is 17.1. The number of hydrogen-bond donors (Lipinski definition) is 2. The maximum atomic E-state index is 14.5. The van der Waals surface area contributed by atoms with Gasteiger partial charge in [-0.1, -0.05) is 6.07 Å². The average molecular weight is 361 g/mol. The number of nitrogens with one attached hydrogen (secondary N) is 2. The first-order valence-corrected chi connectivity index (χ1v) is 8.81. The second-order valence-corrected chi connectivity index (χ2v) is 6.70. The van der Waals surface area contributed by atoms with Gasteiger partial charge in [0.1, 0.15) is 11.5 Å². The number of hydrogen-bond acceptors (Lipinski definition) is 4. The van der Waals surface area contributed by atoms with Gasteiger partial charge >= 0.3 is 0 Å². The van der Waals surface area contributed by atoms with Crippen LogP contribution in [0.4, 0.5) is 10.2 Å². The highest BCUT2D eigenvalue weighted by Crippen LogP contribution is 2.22. The summed E-state index contributed by atoms with van der Waals surface area (Å²) in [5.41, 5.74) is 5.66. The third-order valence-corrected chi connectivity index (χ3v) is 4.66. The van der Waals surface area contributed by atoms with Crippen LogP contribution in [0.5, 0.6) is 0 Å². The van der Waals surface area contributed by atoms with Gasteiger partial charge < -0.3 is 10.3 Å². The Morgan fingerprint density at radius 2 is 1.96 bits per heavy atom. The minimum absolute atomic E-state index is 0.457. The number of anilines is 1. The standard InChI is InChI=1S/C21H20FN5/c1-13-7-18-17(12-26-21(18)25-9-13)8-15-3-4-19(27-20(15)22)24-11-16-5-6-23-10-14(16)2/h3-7,9-10,12H,8,11H2,1-2H3,(H,24,27)(H,25,26). The first-order valence-electron chi connectivity index (χ1n) is 8.81. The molecule has 0 aliphatic rings. The summed E-state index contributed by atoms with van der Waals surface area (Å²) >= 11 is 0. The highest BCUT2D eigenvalue weighted by molar-refractivity contribution is 5.80. The molecule has 4 aromatic heterocycles. The summed E-state index contributed by atoms with van der Waals surface area (Å²) in [6.45, 7) is 4.57. The summed E-state index contributed by atoms with van der Waals surface area (Å²) in [4.78, 5) is 15.7. The van der Waals surface area contributed by atoms with Crippen molar-refractivity contribution in [3.05, 3.63) is 82.8 Å². The molecule has 4 aromatic rings. The molecular weight excluding hydrogens is 341 g/mol. The monoisotopic (exact) mass is 361 g/mol. The Kier molecular flexibility index (Phi) is 4.54. The number of pyridine rings is 3. The number of H-pyrrole nitrogens is 1. The van der Waals surface area contributed by atoms with E-state index in [0.717, 1.165) is 33.3 Å². The van der Waals surface area contributed by atoms with Crippen LogP contribution in [0.25, 0.3) is 11.0 Å². The third-order valence-electron chi connectivity index (χ3n) is 4.66. The minimum Gasteiger partial charge on any atom is -0.366 e. The fourth-order valence-corrected chi connectivity index (χ4v) is 3.09. The molecule has 4 rings (SSSR count). The zero-order chi connectivity index (χ0) is 18.8. The van der Waals surface area contributed by atoms with Crippen LogP contribution in [-0.2, 0) is 13.0 Å². The molecule has 0 fully saturated rings. The molecule has 0 bridgehead atoms. The second kappa shape index (κ2) is 7.15. The molecule has 136 valence electrons. The second-order valence-electron chi connectivity index (χ2n) is 6.70. The normalized spacial score (nSPS) is 11.1. The van der Waals surface area contributed by atoms with E-state index in [1.165, 1.54) is 0 Å². The minimum atomic E-state index is -0.457. The summed E-state index contributed by atoms with van der Waals surface area (Å²) < 4.78 is 14.5. The third kappa shape index (κ3) is 3.65. The molecule has 0 amide bonds. The van der Waals surface area contributed by atoms with Crippen molar-refractivity contribution in [2.24, 2.45) is 0 Å². The van der Waals surface area contributed by atoms with E-state index >= 15 is 0 Å². The van der Waals surface area contributed by atoms with E-state index in [9.17, 15) is 4.39 Å². The number of rotatable bonds is 5. The van der Waals surface area contributed by atoms with Gasteiger partial charge in [0.15, 0.2) is 0 Å². The summed E-state index contributed by atoms with van der Waals surface area (Å²) in [6, 6.07) is 7.60. The van der Waals surface area contributed by atoms with Crippen molar-refractivity contribution < 1.29 is 4.39 Å². The van der Waals surface area contributed by atoms with Crippen molar-refractivity contribution in [3.8, 4) is 0 Å². The van der Waals surface area contributed by atoms with Gasteiger partial charge in [0.05, 0.1) is 0 Å². The Labute approximate surface area is 156 Å². The van der Waals surface area contributed by atoms with Crippen molar-refractivity contribution in [2.45, 2.75) is 26.8 Å². The van der Waals surface area contributed by atoms with E-state index in [2.05, 4.69) is 31.3 Å². The molecule has 0 unspecified atom stereocenters. The van der Waals surface area contributed by atoms with E-state index in [4.69, 9.17) is 0 Å². The Morgan fingerprint density at radius 1 is 1.07 bits per heavy atom. The van der Waals surface area contributed by atoms with Gasteiger partial charge in [-0.3, -0.25) is 4.98 Å². The zero-order valence-electron chi connectivity index (χ0n) is 15.3. The van der Waals surface area contributed by atoms with Crippen LogP contribution in [-0.4, -0.2) is 19.9 Å². The largest absolute Gasteiger partial charge is 0.366 e. The lowest BCUT2D eigenvalue weighted by Gasteiger charge is -2.09. The van der Waals surface area contributed by atoms with Crippen LogP contribution in [0.2, 0.25) is 0 Å². The van der Waals surface area contributed by atoms with Crippen LogP contribution in [0.3, 0.4) is 0 Å². The molecule has 0 radical (unpaired) electrons. The molecule has 5 nitrogen and oxygen atoms in total. The fourth-order valence-electron chi connectivity index (χ4n) is 3.09. The number of aromatic amines is 1. The predicted molar refractivity (Wildman–Crippen MR) is 104 cm³/mol. The number of nitrogens with zero attached hydrogens (tertiary/aromatic N) is 3. The lowest BCUT2D eigenvalue weighted by atomic mass is 10.1. The summed E-state index contributed by atoms with van der Waals surface area (Å²) in [6.07, 6.45) is 7.73. The van der Waals surface area contributed by atoms with Gasteiger partial charge in [-0.05, 0) is 54.3 Å². The highest BCUT2D eigenvalue weighted by Gasteiger charge is 2.11. The van der Waals surface area contributed by atoms with Crippen LogP contribution >= 0.6 is 0 Å². The van der Waals surface area contributed by atoms with Crippen molar-refractivity contribution in [1.29, 1.82) is 0 Å². The van der Waals surface area contributed by atoms with Crippen LogP contribution in [0.15, 0.2) is 49.1 Å². The SMILES string of the molecule is Cc1cnc2[nH]cc(Cc3ccc(NCc4ccncc4C)nc3F)c2c1. The number of halogens is 1. The molecule has 6 heteroatoms. The molecule has 27 heavy (non-hydrogen) atoms. The zero-order valence-corrected chi connectivity index (χ0v) is 15.3. The van der Waals surface area contributed by atoms with Gasteiger partial charge in [0, 0.05) is 48.7 Å². The quantitative estimate of drug-likeness (QED) is 0.520. The van der Waals surface area contributed by atoms with Crippen LogP contribution in [0.1, 0.15) is 27.8 Å². The van der Waals surface area contributed by atoms with Crippen LogP contribution in [0, 0.1) is 19.8 Å². The Bertz CT molecular complexity index is 1100. The number of aromatic nitrogens is 4. The van der Waals surface area contributed by atoms with Crippen LogP contribution < -0.4 is 5.32 Å². The van der Waals surface area contributed by atoms with Crippen molar-refractivity contribution in [2.75, 3.05) is 5.32 Å². The van der Waals surface area contributed by atoms with Gasteiger partial charge in [-0.2, -0.15) is 4.39 Å². The van der Waals surface area contributed by atoms with E-state index in [-0.39, 0.29) is 0 Å². The van der Waals surface area contributed by atoms with Crippen molar-refractivity contribution in [1.82, 2.24) is 19.9 Å². The van der Waals surface area contributed by atoms with Gasteiger partial charge in [-0.15, -0.1) is 0 Å². The van der Waals surface area contributed by atoms with E-state index in [1.54, 1.807) is 12.3 Å². The average Bonchev–Trinajstić information content (AvgIpc) is 3.05. The smallest absolute Gasteiger partial charge is 0.218 e. The fraction of sp³-hybridized carbons (Fsp3) is 0.190. The van der Waals surface area contributed by atoms with E-state index in [0.29, 0.717) is 24.3 Å². The topological polar surface area (TPSA) is 66.5 Å². The molecule has 0 saturated carbocycles. The maximum Gasteiger partial charge on any atom is 0.218 e. The lowest BCUT2D eigenvalue weighted by molar-refractivity contribution is 0.571. The molecule has 0 spiro atoms. The molecule has 0 atom stereocenters. The maximum absolute atomic E-state index is 14.5. The molecule has 0 saturated heterocycles. The van der Waals surface area contributed by atoms with Crippen molar-refractivity contribution in [3.63, 3.8) is 0 Å². The molecule has 0 aromatic carbocycles. The van der Waals surface area contributed by atoms with Gasteiger partial charge in [-0.25, -0.2) is 9.97 Å². The highest BCUT2D eigenvalue weighted by atomic mass is 19.1. The predicted octanol–water partition coefficient (Wildman–Crippen LogP) is 4.31.